The minimum atomic E-state index is 0.327. The summed E-state index contributed by atoms with van der Waals surface area (Å²) in [5.74, 6) is 1.01. The van der Waals surface area contributed by atoms with E-state index in [1.807, 2.05) is 25.1 Å². The van der Waals surface area contributed by atoms with Gasteiger partial charge in [-0.1, -0.05) is 6.07 Å². The number of nitrogens with one attached hydrogen (secondary N) is 2. The fourth-order valence-electron chi connectivity index (χ4n) is 2.99. The summed E-state index contributed by atoms with van der Waals surface area (Å²) in [5.41, 5.74) is 9.00. The summed E-state index contributed by atoms with van der Waals surface area (Å²) in [6, 6.07) is 6.36. The molecule has 0 spiro atoms. The molecule has 1 atom stereocenters. The van der Waals surface area contributed by atoms with Crippen molar-refractivity contribution in [1.82, 2.24) is 20.4 Å². The number of fused-ring (bicyclic) bond motifs is 1. The number of piperazine rings is 1. The van der Waals surface area contributed by atoms with Crippen LogP contribution in [0.3, 0.4) is 0 Å². The molecular weight excluding hydrogens is 316 g/mol. The van der Waals surface area contributed by atoms with Crippen LogP contribution >= 0.6 is 0 Å². The predicted octanol–water partition coefficient (Wildman–Crippen LogP) is 0.884. The maximum absolute atomic E-state index is 6.10. The fourth-order valence-corrected chi connectivity index (χ4v) is 2.99. The van der Waals surface area contributed by atoms with Gasteiger partial charge < -0.3 is 16.0 Å². The Balaban J connectivity index is 1.74. The van der Waals surface area contributed by atoms with E-state index in [0.29, 0.717) is 17.7 Å². The number of nitrogens with two attached hydrogens (primary N) is 1. The van der Waals surface area contributed by atoms with E-state index in [4.69, 9.17) is 5.73 Å². The second-order valence-corrected chi connectivity index (χ2v) is 6.19. The quantitative estimate of drug-likeness (QED) is 0.428. The van der Waals surface area contributed by atoms with Crippen LogP contribution in [0.1, 0.15) is 18.2 Å². The molecule has 0 aliphatic carbocycles. The summed E-state index contributed by atoms with van der Waals surface area (Å²) in [4.78, 5) is 6.43. The molecule has 0 radical (unpaired) electrons. The molecule has 8 heteroatoms. The smallest absolute Gasteiger partial charge is 0.188 e. The number of H-pyrrole nitrogens is 1. The molecule has 2 aromatic rings. The lowest BCUT2D eigenvalue weighted by molar-refractivity contribution is 0.306. The van der Waals surface area contributed by atoms with E-state index in [2.05, 4.69) is 42.5 Å². The van der Waals surface area contributed by atoms with Gasteiger partial charge in [-0.3, -0.25) is 10.1 Å². The molecule has 4 N–H and O–H groups in total. The average molecular weight is 340 g/mol. The van der Waals surface area contributed by atoms with Crippen LogP contribution in [0.5, 0.6) is 0 Å². The Morgan fingerprint density at radius 3 is 3.04 bits per heavy atom. The van der Waals surface area contributed by atoms with Crippen LogP contribution in [0.2, 0.25) is 0 Å². The highest BCUT2D eigenvalue weighted by molar-refractivity contribution is 6.39. The van der Waals surface area contributed by atoms with E-state index in [-0.39, 0.29) is 0 Å². The molecule has 132 valence electrons. The molecule has 2 heterocycles. The topological polar surface area (TPSA) is 107 Å². The highest BCUT2D eigenvalue weighted by Gasteiger charge is 2.20. The third-order valence-corrected chi connectivity index (χ3v) is 4.26. The lowest BCUT2D eigenvalue weighted by atomic mass is 10.1. The number of nitrogens with zero attached hydrogens (tertiary/aromatic N) is 5. The molecule has 0 amide bonds. The molecule has 3 rings (SSSR count). The van der Waals surface area contributed by atoms with Crippen molar-refractivity contribution in [3.8, 4) is 0 Å². The van der Waals surface area contributed by atoms with E-state index < -0.39 is 0 Å². The Bertz CT molecular complexity index is 832. The van der Waals surface area contributed by atoms with E-state index in [9.17, 15) is 0 Å². The van der Waals surface area contributed by atoms with Crippen molar-refractivity contribution in [2.75, 3.05) is 26.7 Å². The Morgan fingerprint density at radius 2 is 2.28 bits per heavy atom. The number of aliphatic imine (C=N–C) groups is 1. The third kappa shape index (κ3) is 3.85. The highest BCUT2D eigenvalue weighted by atomic mass is 15.3. The van der Waals surface area contributed by atoms with Crippen LogP contribution in [-0.2, 0) is 0 Å². The minimum absolute atomic E-state index is 0.327. The first kappa shape index (κ1) is 17.1. The van der Waals surface area contributed by atoms with Gasteiger partial charge in [-0.05, 0) is 31.5 Å². The Hall–Kier alpha value is -2.74. The number of hydrogen-bond donors (Lipinski definition) is 3. The van der Waals surface area contributed by atoms with Gasteiger partial charge in [0.2, 0.25) is 0 Å². The van der Waals surface area contributed by atoms with Crippen molar-refractivity contribution in [2.45, 2.75) is 19.9 Å². The number of aromatic nitrogens is 2. The molecule has 1 fully saturated rings. The zero-order valence-corrected chi connectivity index (χ0v) is 14.8. The highest BCUT2D eigenvalue weighted by Crippen LogP contribution is 2.16. The van der Waals surface area contributed by atoms with Gasteiger partial charge in [0.05, 0.1) is 17.4 Å². The van der Waals surface area contributed by atoms with Crippen molar-refractivity contribution in [3.05, 3.63) is 29.5 Å². The van der Waals surface area contributed by atoms with Crippen LogP contribution in [0.25, 0.3) is 10.9 Å². The molecule has 1 aromatic carbocycles. The summed E-state index contributed by atoms with van der Waals surface area (Å²) >= 11 is 0. The van der Waals surface area contributed by atoms with Crippen molar-refractivity contribution in [2.24, 2.45) is 20.9 Å². The van der Waals surface area contributed by atoms with Gasteiger partial charge in [0.25, 0.3) is 0 Å². The zero-order valence-electron chi connectivity index (χ0n) is 14.8. The lowest BCUT2D eigenvalue weighted by Gasteiger charge is -2.33. The van der Waals surface area contributed by atoms with Crippen molar-refractivity contribution >= 4 is 28.8 Å². The van der Waals surface area contributed by atoms with Crippen LogP contribution in [-0.4, -0.2) is 65.7 Å². The van der Waals surface area contributed by atoms with Gasteiger partial charge in [0.15, 0.2) is 11.7 Å². The largest absolute Gasteiger partial charge is 0.379 e. The molecule has 0 unspecified atom stereocenters. The van der Waals surface area contributed by atoms with Crippen LogP contribution in [0.4, 0.5) is 0 Å². The van der Waals surface area contributed by atoms with Gasteiger partial charge in [0, 0.05) is 38.1 Å². The first-order valence-electron chi connectivity index (χ1n) is 8.35. The Labute approximate surface area is 146 Å². The Kier molecular flexibility index (Phi) is 5.08. The van der Waals surface area contributed by atoms with Gasteiger partial charge in [-0.25, -0.2) is 0 Å². The van der Waals surface area contributed by atoms with E-state index in [1.165, 1.54) is 0 Å². The monoisotopic (exact) mass is 340 g/mol. The minimum Gasteiger partial charge on any atom is -0.379 e. The summed E-state index contributed by atoms with van der Waals surface area (Å²) < 4.78 is 0. The second kappa shape index (κ2) is 7.43. The standard InChI is InChI=1S/C17H24N8/c1-11-10-25(7-6-20-11)17(19-3)16(18)24-21-9-13-4-5-15-14(8-13)12(2)22-23-15/h4-5,8-9,11,20H,6-7,10H2,1-3H3,(H2,18,24)(H,22,23)/b19-17+,21-9+/t11-/m1/s1. The number of rotatable bonds is 2. The number of hydrogen-bond acceptors (Lipinski definition) is 5. The van der Waals surface area contributed by atoms with E-state index in [0.717, 1.165) is 41.8 Å². The zero-order chi connectivity index (χ0) is 17.8. The number of aromatic amines is 1. The molecule has 1 saturated heterocycles. The van der Waals surface area contributed by atoms with Crippen LogP contribution < -0.4 is 11.1 Å². The molecule has 1 aliphatic heterocycles. The maximum Gasteiger partial charge on any atom is 0.188 e. The van der Waals surface area contributed by atoms with Gasteiger partial charge in [-0.15, -0.1) is 5.10 Å². The normalized spacial score (nSPS) is 20.0. The summed E-state index contributed by atoms with van der Waals surface area (Å²) in [6.45, 7) is 6.71. The average Bonchev–Trinajstić information content (AvgIpc) is 2.96. The van der Waals surface area contributed by atoms with Crippen LogP contribution in [0.15, 0.2) is 33.4 Å². The number of aryl methyl sites for hydroxylation is 1. The number of amidine groups is 2. The molecule has 1 aromatic heterocycles. The first-order chi connectivity index (χ1) is 12.1. The van der Waals surface area contributed by atoms with Crippen molar-refractivity contribution < 1.29 is 0 Å². The molecule has 25 heavy (non-hydrogen) atoms. The van der Waals surface area contributed by atoms with Crippen LogP contribution in [0, 0.1) is 6.92 Å². The fraction of sp³-hybridized carbons (Fsp3) is 0.412. The third-order valence-electron chi connectivity index (χ3n) is 4.26. The second-order valence-electron chi connectivity index (χ2n) is 6.19. The van der Waals surface area contributed by atoms with E-state index >= 15 is 0 Å². The molecular formula is C17H24N8. The van der Waals surface area contributed by atoms with Gasteiger partial charge in [-0.2, -0.15) is 10.2 Å². The maximum atomic E-state index is 6.10. The van der Waals surface area contributed by atoms with Gasteiger partial charge >= 0.3 is 0 Å². The summed E-state index contributed by atoms with van der Waals surface area (Å²) in [5, 5.41) is 19.9. The summed E-state index contributed by atoms with van der Waals surface area (Å²) in [7, 11) is 1.73. The number of benzene rings is 1. The SMILES string of the molecule is C\N=C(/C(N)=N\N=C\c1ccc2[nH]nc(C)c2c1)N1CCN[C@H](C)C1. The van der Waals surface area contributed by atoms with E-state index in [1.54, 1.807) is 13.3 Å². The Morgan fingerprint density at radius 1 is 1.44 bits per heavy atom. The van der Waals surface area contributed by atoms with Crippen molar-refractivity contribution in [1.29, 1.82) is 0 Å². The molecule has 8 nitrogen and oxygen atoms in total. The first-order valence-corrected chi connectivity index (χ1v) is 8.35. The summed E-state index contributed by atoms with van der Waals surface area (Å²) in [6.07, 6.45) is 1.69. The van der Waals surface area contributed by atoms with Gasteiger partial charge in [0.1, 0.15) is 0 Å². The predicted molar refractivity (Wildman–Crippen MR) is 102 cm³/mol. The molecule has 0 bridgehead atoms. The van der Waals surface area contributed by atoms with Crippen molar-refractivity contribution in [3.63, 3.8) is 0 Å². The lowest BCUT2D eigenvalue weighted by Crippen LogP contribution is -2.54. The molecule has 0 saturated carbocycles. The molecule has 1 aliphatic rings.